The van der Waals surface area contributed by atoms with Crippen LogP contribution in [0.4, 0.5) is 0 Å². The molecular formula is C20H30N2O4. The maximum absolute atomic E-state index is 12.1. The first-order chi connectivity index (χ1) is 12.4. The zero-order valence-electron chi connectivity index (χ0n) is 16.2. The van der Waals surface area contributed by atoms with Gasteiger partial charge in [0.05, 0.1) is 19.6 Å². The highest BCUT2D eigenvalue weighted by molar-refractivity contribution is 5.76. The van der Waals surface area contributed by atoms with Crippen LogP contribution < -0.4 is 9.47 Å². The number of carbonyl (C=O) groups is 1. The molecule has 1 N–H and O–H groups in total. The van der Waals surface area contributed by atoms with Crippen molar-refractivity contribution in [2.45, 2.75) is 38.8 Å². The van der Waals surface area contributed by atoms with Crippen LogP contribution in [-0.4, -0.2) is 67.8 Å². The largest absolute Gasteiger partial charge is 0.496 e. The lowest BCUT2D eigenvalue weighted by atomic mass is 9.68. The number of hydrogen-bond donors (Lipinski definition) is 1. The Bertz CT molecular complexity index is 678. The number of nitrogens with zero attached hydrogens (tertiary/aromatic N) is 2. The zero-order valence-corrected chi connectivity index (χ0v) is 16.2. The Morgan fingerprint density at radius 3 is 2.69 bits per heavy atom. The number of ether oxygens (including phenoxy) is 2. The smallest absolute Gasteiger partial charge is 0.311 e. The molecule has 26 heavy (non-hydrogen) atoms. The lowest BCUT2D eigenvalue weighted by Gasteiger charge is -2.51. The van der Waals surface area contributed by atoms with Crippen LogP contribution in [0.5, 0.6) is 11.5 Å². The van der Waals surface area contributed by atoms with Crippen LogP contribution >= 0.6 is 0 Å². The molecule has 6 nitrogen and oxygen atoms in total. The van der Waals surface area contributed by atoms with Gasteiger partial charge in [-0.3, -0.25) is 9.69 Å². The number of hydrogen-bond acceptors (Lipinski definition) is 5. The van der Waals surface area contributed by atoms with Gasteiger partial charge in [-0.05, 0) is 52.4 Å². The van der Waals surface area contributed by atoms with Crippen molar-refractivity contribution in [1.29, 1.82) is 0 Å². The molecule has 0 saturated carbocycles. The Hall–Kier alpha value is -1.79. The van der Waals surface area contributed by atoms with Gasteiger partial charge in [0.15, 0.2) is 0 Å². The molecule has 144 valence electrons. The normalized spacial score (nSPS) is 27.0. The second-order valence-electron chi connectivity index (χ2n) is 7.63. The van der Waals surface area contributed by atoms with E-state index >= 15 is 0 Å². The quantitative estimate of drug-likeness (QED) is 0.868. The predicted molar refractivity (Wildman–Crippen MR) is 99.9 cm³/mol. The van der Waals surface area contributed by atoms with Crippen molar-refractivity contribution in [3.05, 3.63) is 23.3 Å². The number of carboxylic acids is 1. The highest BCUT2D eigenvalue weighted by atomic mass is 16.5. The molecule has 2 atom stereocenters. The highest BCUT2D eigenvalue weighted by Crippen LogP contribution is 2.43. The van der Waals surface area contributed by atoms with E-state index in [4.69, 9.17) is 9.47 Å². The van der Waals surface area contributed by atoms with E-state index in [1.54, 1.807) is 14.2 Å². The second-order valence-corrected chi connectivity index (χ2v) is 7.63. The van der Waals surface area contributed by atoms with Gasteiger partial charge in [0.1, 0.15) is 11.5 Å². The summed E-state index contributed by atoms with van der Waals surface area (Å²) in [6.45, 7) is 5.30. The number of likely N-dealkylation sites (N-methyl/N-ethyl adjacent to an activating group) is 1. The Morgan fingerprint density at radius 2 is 2.04 bits per heavy atom. The summed E-state index contributed by atoms with van der Waals surface area (Å²) in [6.07, 6.45) is 2.45. The molecule has 0 bridgehead atoms. The molecule has 0 amide bonds. The molecule has 2 heterocycles. The lowest BCUT2D eigenvalue weighted by Crippen LogP contribution is -2.62. The molecular weight excluding hydrogens is 332 g/mol. The fourth-order valence-corrected chi connectivity index (χ4v) is 4.79. The molecule has 6 heteroatoms. The number of likely N-dealkylation sites (tertiary alicyclic amines) is 2. The van der Waals surface area contributed by atoms with Gasteiger partial charge in [0.2, 0.25) is 0 Å². The van der Waals surface area contributed by atoms with Crippen LogP contribution in [0, 0.1) is 12.3 Å². The van der Waals surface area contributed by atoms with Gasteiger partial charge in [-0.2, -0.15) is 0 Å². The van der Waals surface area contributed by atoms with Gasteiger partial charge in [0.25, 0.3) is 0 Å². The van der Waals surface area contributed by atoms with Crippen molar-refractivity contribution in [3.8, 4) is 11.5 Å². The van der Waals surface area contributed by atoms with Crippen molar-refractivity contribution < 1.29 is 19.4 Å². The van der Waals surface area contributed by atoms with E-state index in [1.165, 1.54) is 0 Å². The number of rotatable bonds is 5. The summed E-state index contributed by atoms with van der Waals surface area (Å²) in [5.74, 6) is 1.05. The van der Waals surface area contributed by atoms with E-state index in [1.807, 2.05) is 19.1 Å². The van der Waals surface area contributed by atoms with Crippen molar-refractivity contribution in [3.63, 3.8) is 0 Å². The second kappa shape index (κ2) is 7.45. The molecule has 0 radical (unpaired) electrons. The van der Waals surface area contributed by atoms with Crippen molar-refractivity contribution in [2.75, 3.05) is 40.9 Å². The van der Waals surface area contributed by atoms with E-state index in [2.05, 4.69) is 16.8 Å². The van der Waals surface area contributed by atoms with Gasteiger partial charge in [-0.1, -0.05) is 6.07 Å². The van der Waals surface area contributed by atoms with Crippen LogP contribution in [-0.2, 0) is 11.3 Å². The summed E-state index contributed by atoms with van der Waals surface area (Å²) in [4.78, 5) is 16.7. The van der Waals surface area contributed by atoms with E-state index in [9.17, 15) is 9.90 Å². The summed E-state index contributed by atoms with van der Waals surface area (Å²) >= 11 is 0. The molecule has 2 saturated heterocycles. The van der Waals surface area contributed by atoms with E-state index < -0.39 is 11.4 Å². The summed E-state index contributed by atoms with van der Waals surface area (Å²) in [5, 5.41) is 9.92. The van der Waals surface area contributed by atoms with E-state index in [0.29, 0.717) is 6.42 Å². The molecule has 3 rings (SSSR count). The van der Waals surface area contributed by atoms with Crippen LogP contribution in [0.1, 0.15) is 30.4 Å². The number of methoxy groups -OCH3 is 2. The maximum atomic E-state index is 12.1. The first-order valence-electron chi connectivity index (χ1n) is 9.29. The molecule has 0 spiro atoms. The minimum Gasteiger partial charge on any atom is -0.496 e. The van der Waals surface area contributed by atoms with Crippen LogP contribution in [0.3, 0.4) is 0 Å². The minimum atomic E-state index is -0.633. The van der Waals surface area contributed by atoms with Gasteiger partial charge >= 0.3 is 5.97 Å². The molecule has 0 aliphatic carbocycles. The number of fused-ring (bicyclic) bond motifs is 1. The van der Waals surface area contributed by atoms with Crippen molar-refractivity contribution >= 4 is 5.97 Å². The lowest BCUT2D eigenvalue weighted by molar-refractivity contribution is -0.162. The third-order valence-corrected chi connectivity index (χ3v) is 6.29. The van der Waals surface area contributed by atoms with E-state index in [0.717, 1.165) is 61.6 Å². The summed E-state index contributed by atoms with van der Waals surface area (Å²) < 4.78 is 11.0. The maximum Gasteiger partial charge on any atom is 0.311 e. The zero-order chi connectivity index (χ0) is 18.9. The average Bonchev–Trinajstić information content (AvgIpc) is 2.63. The highest BCUT2D eigenvalue weighted by Gasteiger charge is 2.52. The summed E-state index contributed by atoms with van der Waals surface area (Å²) in [7, 11) is 5.41. The minimum absolute atomic E-state index is 0.0628. The number of aliphatic carboxylic acids is 1. The van der Waals surface area contributed by atoms with Crippen LogP contribution in [0.15, 0.2) is 12.1 Å². The average molecular weight is 362 g/mol. The first kappa shape index (κ1) is 19.0. The van der Waals surface area contributed by atoms with E-state index in [-0.39, 0.29) is 6.04 Å². The molecule has 2 aliphatic heterocycles. The van der Waals surface area contributed by atoms with Gasteiger partial charge in [-0.15, -0.1) is 0 Å². The number of piperidine rings is 2. The molecule has 0 unspecified atom stereocenters. The van der Waals surface area contributed by atoms with Crippen LogP contribution in [0.25, 0.3) is 0 Å². The summed E-state index contributed by atoms with van der Waals surface area (Å²) in [5.41, 5.74) is 1.52. The van der Waals surface area contributed by atoms with Gasteiger partial charge < -0.3 is 19.5 Å². The molecule has 0 aromatic heterocycles. The van der Waals surface area contributed by atoms with Gasteiger partial charge in [0, 0.05) is 30.3 Å². The topological polar surface area (TPSA) is 62.2 Å². The van der Waals surface area contributed by atoms with Crippen molar-refractivity contribution in [2.24, 2.45) is 5.41 Å². The standard InChI is InChI=1S/C20H30N2O4/c1-14-16(25-3)7-6-15(18(14)26-4)12-22-11-9-20(19(23)24)8-5-10-21(2)17(20)13-22/h6-7,17H,5,8-13H2,1-4H3,(H,23,24)/t17-,20+/m1/s1. The SMILES string of the molecule is COc1ccc(CN2CC[C@@]3(C(=O)O)CCCN(C)[C@@H]3C2)c(OC)c1C. The molecule has 2 aliphatic rings. The Labute approximate surface area is 155 Å². The summed E-state index contributed by atoms with van der Waals surface area (Å²) in [6, 6.07) is 4.09. The Morgan fingerprint density at radius 1 is 1.27 bits per heavy atom. The predicted octanol–water partition coefficient (Wildman–Crippen LogP) is 2.38. The Kier molecular flexibility index (Phi) is 5.44. The third kappa shape index (κ3) is 3.16. The number of benzene rings is 1. The molecule has 1 aromatic carbocycles. The van der Waals surface area contributed by atoms with Gasteiger partial charge in [-0.25, -0.2) is 0 Å². The molecule has 1 aromatic rings. The monoisotopic (exact) mass is 362 g/mol. The Balaban J connectivity index is 1.81. The fraction of sp³-hybridized carbons (Fsp3) is 0.650. The molecule has 2 fully saturated rings. The third-order valence-electron chi connectivity index (χ3n) is 6.29. The van der Waals surface area contributed by atoms with Crippen LogP contribution in [0.2, 0.25) is 0 Å². The first-order valence-corrected chi connectivity index (χ1v) is 9.29. The fourth-order valence-electron chi connectivity index (χ4n) is 4.79. The number of carboxylic acid groups (broad SMARTS) is 1. The van der Waals surface area contributed by atoms with Crippen molar-refractivity contribution in [1.82, 2.24) is 9.80 Å².